The van der Waals surface area contributed by atoms with Crippen LogP contribution in [-0.4, -0.2) is 27.6 Å². The number of hydrogen-bond acceptors (Lipinski definition) is 5. The van der Waals surface area contributed by atoms with Gasteiger partial charge in [-0.1, -0.05) is 12.1 Å². The summed E-state index contributed by atoms with van der Waals surface area (Å²) in [4.78, 5) is 20.2. The first-order valence-electron chi connectivity index (χ1n) is 6.09. The van der Waals surface area contributed by atoms with Gasteiger partial charge in [0, 0.05) is 7.05 Å². The monoisotopic (exact) mass is 271 g/mol. The number of fused-ring (bicyclic) bond motifs is 1. The first-order valence-corrected chi connectivity index (χ1v) is 6.09. The van der Waals surface area contributed by atoms with Crippen LogP contribution in [0, 0.1) is 6.92 Å². The first kappa shape index (κ1) is 12.4. The van der Waals surface area contributed by atoms with Crippen LogP contribution in [0.15, 0.2) is 28.7 Å². The van der Waals surface area contributed by atoms with Gasteiger partial charge in [0.1, 0.15) is 5.76 Å². The van der Waals surface area contributed by atoms with Crippen LogP contribution in [-0.2, 0) is 11.8 Å². The van der Waals surface area contributed by atoms with Crippen molar-refractivity contribution in [3.8, 4) is 11.7 Å². The molecule has 2 aromatic heterocycles. The van der Waals surface area contributed by atoms with Gasteiger partial charge in [0.15, 0.2) is 11.5 Å². The van der Waals surface area contributed by atoms with Crippen LogP contribution in [0.2, 0.25) is 0 Å². The van der Waals surface area contributed by atoms with E-state index in [2.05, 4.69) is 14.7 Å². The molecule has 0 aliphatic carbocycles. The number of ether oxygens (including phenoxy) is 1. The molecule has 3 aromatic rings. The second-order valence-corrected chi connectivity index (χ2v) is 4.40. The maximum absolute atomic E-state index is 11.6. The van der Waals surface area contributed by atoms with E-state index >= 15 is 0 Å². The van der Waals surface area contributed by atoms with Gasteiger partial charge in [0.2, 0.25) is 0 Å². The predicted octanol–water partition coefficient (Wildman–Crippen LogP) is 2.32. The van der Waals surface area contributed by atoms with Crippen LogP contribution in [0.3, 0.4) is 0 Å². The Hall–Kier alpha value is -2.63. The number of oxazole rings is 1. The third-order valence-corrected chi connectivity index (χ3v) is 3.15. The molecule has 1 aromatic carbocycles. The van der Waals surface area contributed by atoms with Gasteiger partial charge in [-0.3, -0.25) is 0 Å². The SMILES string of the molecule is COC(=O)c1nc(-c2nc3ccccc3n2C)oc1C. The molecular formula is C14H13N3O3. The number of carbonyl (C=O) groups excluding carboxylic acids is 1. The number of imidazole rings is 1. The lowest BCUT2D eigenvalue weighted by Crippen LogP contribution is -2.03. The highest BCUT2D eigenvalue weighted by Gasteiger charge is 2.21. The van der Waals surface area contributed by atoms with E-state index in [4.69, 9.17) is 4.42 Å². The van der Waals surface area contributed by atoms with Crippen molar-refractivity contribution in [2.24, 2.45) is 7.05 Å². The maximum atomic E-state index is 11.6. The van der Waals surface area contributed by atoms with Crippen LogP contribution in [0.5, 0.6) is 0 Å². The molecule has 6 nitrogen and oxygen atoms in total. The molecule has 0 bridgehead atoms. The number of aryl methyl sites for hydroxylation is 2. The van der Waals surface area contributed by atoms with Crippen molar-refractivity contribution in [3.63, 3.8) is 0 Å². The first-order chi connectivity index (χ1) is 9.61. The van der Waals surface area contributed by atoms with Crippen molar-refractivity contribution in [1.82, 2.24) is 14.5 Å². The third kappa shape index (κ3) is 1.77. The molecule has 0 radical (unpaired) electrons. The van der Waals surface area contributed by atoms with E-state index in [0.29, 0.717) is 17.5 Å². The van der Waals surface area contributed by atoms with Gasteiger partial charge in [0.05, 0.1) is 18.1 Å². The highest BCUT2D eigenvalue weighted by atomic mass is 16.5. The molecule has 6 heteroatoms. The summed E-state index contributed by atoms with van der Waals surface area (Å²) in [6, 6.07) is 7.73. The zero-order chi connectivity index (χ0) is 14.3. The number of rotatable bonds is 2. The number of aromatic nitrogens is 3. The molecule has 0 unspecified atom stereocenters. The van der Waals surface area contributed by atoms with E-state index in [9.17, 15) is 4.79 Å². The third-order valence-electron chi connectivity index (χ3n) is 3.15. The molecule has 0 atom stereocenters. The standard InChI is InChI=1S/C14H13N3O3/c1-8-11(14(18)19-3)16-13(20-8)12-15-9-6-4-5-7-10(9)17(12)2/h4-7H,1-3H3. The summed E-state index contributed by atoms with van der Waals surface area (Å²) >= 11 is 0. The highest BCUT2D eigenvalue weighted by Crippen LogP contribution is 2.24. The molecule has 0 N–H and O–H groups in total. The summed E-state index contributed by atoms with van der Waals surface area (Å²) in [7, 11) is 3.19. The fourth-order valence-corrected chi connectivity index (χ4v) is 2.11. The minimum absolute atomic E-state index is 0.176. The number of hydrogen-bond donors (Lipinski definition) is 0. The fourth-order valence-electron chi connectivity index (χ4n) is 2.11. The van der Waals surface area contributed by atoms with Crippen molar-refractivity contribution in [2.75, 3.05) is 7.11 Å². The summed E-state index contributed by atoms with van der Waals surface area (Å²) in [5.74, 6) is 0.779. The molecule has 3 rings (SSSR count). The van der Waals surface area contributed by atoms with Crippen LogP contribution in [0.4, 0.5) is 0 Å². The van der Waals surface area contributed by atoms with Crippen molar-refractivity contribution >= 4 is 17.0 Å². The second kappa shape index (κ2) is 4.48. The number of para-hydroxylation sites is 2. The molecule has 0 saturated carbocycles. The molecule has 20 heavy (non-hydrogen) atoms. The number of nitrogens with zero attached hydrogens (tertiary/aromatic N) is 3. The van der Waals surface area contributed by atoms with Crippen molar-refractivity contribution in [3.05, 3.63) is 35.7 Å². The molecule has 2 heterocycles. The average Bonchev–Trinajstić information content (AvgIpc) is 3.00. The summed E-state index contributed by atoms with van der Waals surface area (Å²) in [5.41, 5.74) is 1.99. The van der Waals surface area contributed by atoms with E-state index in [0.717, 1.165) is 11.0 Å². The van der Waals surface area contributed by atoms with E-state index in [1.165, 1.54) is 7.11 Å². The summed E-state index contributed by atoms with van der Waals surface area (Å²) < 4.78 is 12.1. The average molecular weight is 271 g/mol. The summed E-state index contributed by atoms with van der Waals surface area (Å²) in [6.45, 7) is 1.67. The molecule has 0 saturated heterocycles. The van der Waals surface area contributed by atoms with E-state index in [-0.39, 0.29) is 5.69 Å². The highest BCUT2D eigenvalue weighted by molar-refractivity contribution is 5.89. The Bertz CT molecular complexity index is 801. The van der Waals surface area contributed by atoms with Gasteiger partial charge < -0.3 is 13.7 Å². The summed E-state index contributed by atoms with van der Waals surface area (Å²) in [5, 5.41) is 0. The van der Waals surface area contributed by atoms with Gasteiger partial charge in [-0.15, -0.1) is 0 Å². The lowest BCUT2D eigenvalue weighted by atomic mass is 10.3. The smallest absolute Gasteiger partial charge is 0.360 e. The molecule has 0 aliphatic rings. The minimum atomic E-state index is -0.517. The molecule has 102 valence electrons. The van der Waals surface area contributed by atoms with Crippen LogP contribution < -0.4 is 0 Å². The Morgan fingerprint density at radius 3 is 2.75 bits per heavy atom. The van der Waals surface area contributed by atoms with Crippen molar-refractivity contribution < 1.29 is 13.9 Å². The number of benzene rings is 1. The second-order valence-electron chi connectivity index (χ2n) is 4.40. The molecule has 0 fully saturated rings. The Morgan fingerprint density at radius 1 is 1.30 bits per heavy atom. The lowest BCUT2D eigenvalue weighted by molar-refractivity contribution is 0.0593. The number of methoxy groups -OCH3 is 1. The molecule has 0 aliphatic heterocycles. The quantitative estimate of drug-likeness (QED) is 0.669. The van der Waals surface area contributed by atoms with Gasteiger partial charge in [-0.25, -0.2) is 9.78 Å². The van der Waals surface area contributed by atoms with E-state index in [1.54, 1.807) is 6.92 Å². The Kier molecular flexibility index (Phi) is 2.78. The lowest BCUT2D eigenvalue weighted by Gasteiger charge is -1.96. The zero-order valence-electron chi connectivity index (χ0n) is 11.4. The van der Waals surface area contributed by atoms with Crippen LogP contribution >= 0.6 is 0 Å². The Morgan fingerprint density at radius 2 is 2.05 bits per heavy atom. The largest absolute Gasteiger partial charge is 0.464 e. The topological polar surface area (TPSA) is 70.2 Å². The van der Waals surface area contributed by atoms with Crippen molar-refractivity contribution in [1.29, 1.82) is 0 Å². The van der Waals surface area contributed by atoms with Gasteiger partial charge in [-0.05, 0) is 19.1 Å². The fraction of sp³-hybridized carbons (Fsp3) is 0.214. The number of esters is 1. The predicted molar refractivity (Wildman–Crippen MR) is 72.3 cm³/mol. The van der Waals surface area contributed by atoms with E-state index < -0.39 is 5.97 Å². The van der Waals surface area contributed by atoms with Crippen LogP contribution in [0.1, 0.15) is 16.2 Å². The Balaban J connectivity index is 2.16. The molecule has 0 amide bonds. The van der Waals surface area contributed by atoms with Gasteiger partial charge in [-0.2, -0.15) is 4.98 Å². The molecular weight excluding hydrogens is 258 g/mol. The Labute approximate surface area is 115 Å². The number of carbonyl (C=O) groups is 1. The normalized spacial score (nSPS) is 10.9. The summed E-state index contributed by atoms with van der Waals surface area (Å²) in [6.07, 6.45) is 0. The van der Waals surface area contributed by atoms with Crippen molar-refractivity contribution in [2.45, 2.75) is 6.92 Å². The maximum Gasteiger partial charge on any atom is 0.360 e. The van der Waals surface area contributed by atoms with Gasteiger partial charge in [0.25, 0.3) is 5.89 Å². The van der Waals surface area contributed by atoms with E-state index in [1.807, 2.05) is 35.9 Å². The zero-order valence-corrected chi connectivity index (χ0v) is 11.4. The van der Waals surface area contributed by atoms with Crippen LogP contribution in [0.25, 0.3) is 22.7 Å². The minimum Gasteiger partial charge on any atom is -0.464 e. The van der Waals surface area contributed by atoms with Gasteiger partial charge >= 0.3 is 5.97 Å². The molecule has 0 spiro atoms.